The molecule has 1 amide bonds. The third kappa shape index (κ3) is 4.68. The van der Waals surface area contributed by atoms with Crippen LogP contribution in [0.5, 0.6) is 5.75 Å². The first-order chi connectivity index (χ1) is 10.0. The maximum atomic E-state index is 10.7. The van der Waals surface area contributed by atoms with E-state index in [0.717, 1.165) is 11.3 Å². The number of primary amides is 1. The van der Waals surface area contributed by atoms with Crippen molar-refractivity contribution >= 4 is 23.2 Å². The van der Waals surface area contributed by atoms with E-state index in [4.69, 9.17) is 22.1 Å². The van der Waals surface area contributed by atoms with E-state index in [1.165, 1.54) is 5.56 Å². The summed E-state index contributed by atoms with van der Waals surface area (Å²) in [7, 11) is 0. The molecule has 0 heterocycles. The molecular formula is C16H17ClN2O2. The summed E-state index contributed by atoms with van der Waals surface area (Å²) in [6, 6.07) is 13.6. The molecule has 2 aromatic carbocycles. The molecule has 0 aliphatic carbocycles. The molecule has 2 rings (SSSR count). The van der Waals surface area contributed by atoms with Crippen LogP contribution in [0.25, 0.3) is 0 Å². The summed E-state index contributed by atoms with van der Waals surface area (Å²) in [4.78, 5) is 10.7. The number of hydrogen-bond donors (Lipinski definition) is 2. The highest BCUT2D eigenvalue weighted by molar-refractivity contribution is 6.32. The molecule has 0 saturated carbocycles. The highest BCUT2D eigenvalue weighted by atomic mass is 35.5. The normalized spacial score (nSPS) is 10.2. The number of anilines is 1. The zero-order valence-corrected chi connectivity index (χ0v) is 12.5. The van der Waals surface area contributed by atoms with Crippen LogP contribution in [0.1, 0.15) is 11.1 Å². The number of amides is 1. The van der Waals surface area contributed by atoms with Crippen LogP contribution in [0.4, 0.5) is 5.69 Å². The SMILES string of the molecule is Cc1ccc(NCc2ccc(OCC(N)=O)c(Cl)c2)cc1. The fraction of sp³-hybridized carbons (Fsp3) is 0.188. The molecule has 0 spiro atoms. The summed E-state index contributed by atoms with van der Waals surface area (Å²) >= 11 is 6.11. The van der Waals surface area contributed by atoms with Crippen molar-refractivity contribution in [2.45, 2.75) is 13.5 Å². The van der Waals surface area contributed by atoms with E-state index in [-0.39, 0.29) is 6.61 Å². The van der Waals surface area contributed by atoms with E-state index in [1.54, 1.807) is 12.1 Å². The molecule has 0 saturated heterocycles. The van der Waals surface area contributed by atoms with Crippen LogP contribution in [-0.2, 0) is 11.3 Å². The molecule has 21 heavy (non-hydrogen) atoms. The number of halogens is 1. The van der Waals surface area contributed by atoms with Crippen molar-refractivity contribution in [1.82, 2.24) is 0 Å². The molecule has 0 bridgehead atoms. The largest absolute Gasteiger partial charge is 0.482 e. The molecule has 110 valence electrons. The minimum Gasteiger partial charge on any atom is -0.482 e. The van der Waals surface area contributed by atoms with Gasteiger partial charge in [-0.2, -0.15) is 0 Å². The molecule has 0 aromatic heterocycles. The van der Waals surface area contributed by atoms with Gasteiger partial charge < -0.3 is 15.8 Å². The van der Waals surface area contributed by atoms with E-state index >= 15 is 0 Å². The zero-order valence-electron chi connectivity index (χ0n) is 11.7. The second kappa shape index (κ2) is 6.99. The summed E-state index contributed by atoms with van der Waals surface area (Å²) in [6.45, 7) is 2.52. The van der Waals surface area contributed by atoms with Crippen molar-refractivity contribution in [3.63, 3.8) is 0 Å². The Morgan fingerprint density at radius 2 is 1.95 bits per heavy atom. The average molecular weight is 305 g/mol. The Bertz CT molecular complexity index is 627. The van der Waals surface area contributed by atoms with Gasteiger partial charge in [-0.3, -0.25) is 4.79 Å². The van der Waals surface area contributed by atoms with Crippen LogP contribution in [0.15, 0.2) is 42.5 Å². The van der Waals surface area contributed by atoms with E-state index < -0.39 is 5.91 Å². The maximum Gasteiger partial charge on any atom is 0.255 e. The molecule has 0 aliphatic heterocycles. The lowest BCUT2D eigenvalue weighted by Gasteiger charge is -2.10. The summed E-state index contributed by atoms with van der Waals surface area (Å²) in [5, 5.41) is 3.77. The van der Waals surface area contributed by atoms with Gasteiger partial charge in [-0.25, -0.2) is 0 Å². The lowest BCUT2D eigenvalue weighted by Crippen LogP contribution is -2.20. The number of nitrogens with two attached hydrogens (primary N) is 1. The zero-order chi connectivity index (χ0) is 15.2. The lowest BCUT2D eigenvalue weighted by molar-refractivity contribution is -0.119. The van der Waals surface area contributed by atoms with Crippen molar-refractivity contribution < 1.29 is 9.53 Å². The highest BCUT2D eigenvalue weighted by Crippen LogP contribution is 2.25. The summed E-state index contributed by atoms with van der Waals surface area (Å²) in [6.07, 6.45) is 0. The van der Waals surface area contributed by atoms with Gasteiger partial charge in [-0.1, -0.05) is 35.4 Å². The van der Waals surface area contributed by atoms with Crippen molar-refractivity contribution in [2.75, 3.05) is 11.9 Å². The van der Waals surface area contributed by atoms with Crippen LogP contribution in [0, 0.1) is 6.92 Å². The number of rotatable bonds is 6. The quantitative estimate of drug-likeness (QED) is 0.862. The molecule has 0 unspecified atom stereocenters. The number of carbonyl (C=O) groups is 1. The van der Waals surface area contributed by atoms with Crippen LogP contribution >= 0.6 is 11.6 Å². The van der Waals surface area contributed by atoms with Gasteiger partial charge in [0.25, 0.3) is 5.91 Å². The predicted molar refractivity (Wildman–Crippen MR) is 84.6 cm³/mol. The van der Waals surface area contributed by atoms with Crippen LogP contribution in [0.3, 0.4) is 0 Å². The topological polar surface area (TPSA) is 64.3 Å². The van der Waals surface area contributed by atoms with Crippen LogP contribution in [-0.4, -0.2) is 12.5 Å². The van der Waals surface area contributed by atoms with Gasteiger partial charge in [0.05, 0.1) is 5.02 Å². The number of ether oxygens (including phenoxy) is 1. The number of hydrogen-bond acceptors (Lipinski definition) is 3. The molecular weight excluding hydrogens is 288 g/mol. The molecule has 2 aromatic rings. The number of carbonyl (C=O) groups excluding carboxylic acids is 1. The van der Waals surface area contributed by atoms with E-state index in [1.807, 2.05) is 25.1 Å². The van der Waals surface area contributed by atoms with Gasteiger partial charge in [0, 0.05) is 12.2 Å². The smallest absolute Gasteiger partial charge is 0.255 e. The molecule has 3 N–H and O–H groups in total. The van der Waals surface area contributed by atoms with E-state index in [9.17, 15) is 4.79 Å². The Hall–Kier alpha value is -2.20. The summed E-state index contributed by atoms with van der Waals surface area (Å²) in [5.74, 6) is -0.0780. The first-order valence-corrected chi connectivity index (χ1v) is 6.92. The summed E-state index contributed by atoms with van der Waals surface area (Å²) < 4.78 is 5.20. The maximum absolute atomic E-state index is 10.7. The molecule has 0 aliphatic rings. The fourth-order valence-corrected chi connectivity index (χ4v) is 2.05. The third-order valence-corrected chi connectivity index (χ3v) is 3.21. The third-order valence-electron chi connectivity index (χ3n) is 2.91. The average Bonchev–Trinajstić information content (AvgIpc) is 2.45. The standard InChI is InChI=1S/C16H17ClN2O2/c1-11-2-5-13(6-3-11)19-9-12-4-7-15(14(17)8-12)21-10-16(18)20/h2-8,19H,9-10H2,1H3,(H2,18,20). The number of nitrogens with one attached hydrogen (secondary N) is 1. The highest BCUT2D eigenvalue weighted by Gasteiger charge is 2.05. The van der Waals surface area contributed by atoms with Crippen molar-refractivity contribution in [3.8, 4) is 5.75 Å². The number of benzene rings is 2. The minimum absolute atomic E-state index is 0.180. The molecule has 0 fully saturated rings. The van der Waals surface area contributed by atoms with Crippen molar-refractivity contribution in [1.29, 1.82) is 0 Å². The lowest BCUT2D eigenvalue weighted by atomic mass is 10.2. The summed E-state index contributed by atoms with van der Waals surface area (Å²) in [5.41, 5.74) is 8.32. The Balaban J connectivity index is 1.96. The second-order valence-electron chi connectivity index (χ2n) is 4.74. The Labute approximate surface area is 128 Å². The van der Waals surface area contributed by atoms with Gasteiger partial charge in [0.2, 0.25) is 0 Å². The molecule has 4 nitrogen and oxygen atoms in total. The van der Waals surface area contributed by atoms with E-state index in [0.29, 0.717) is 17.3 Å². The van der Waals surface area contributed by atoms with E-state index in [2.05, 4.69) is 17.4 Å². The predicted octanol–water partition coefficient (Wildman–Crippen LogP) is 3.12. The first-order valence-electron chi connectivity index (χ1n) is 6.54. The van der Waals surface area contributed by atoms with Crippen molar-refractivity contribution in [3.05, 3.63) is 58.6 Å². The Morgan fingerprint density at radius 3 is 2.57 bits per heavy atom. The van der Waals surface area contributed by atoms with Gasteiger partial charge in [0.1, 0.15) is 5.75 Å². The molecule has 5 heteroatoms. The fourth-order valence-electron chi connectivity index (χ4n) is 1.80. The van der Waals surface area contributed by atoms with Crippen LogP contribution in [0.2, 0.25) is 5.02 Å². The Kier molecular flexibility index (Phi) is 5.06. The monoisotopic (exact) mass is 304 g/mol. The van der Waals surface area contributed by atoms with Gasteiger partial charge in [-0.05, 0) is 36.8 Å². The minimum atomic E-state index is -0.531. The van der Waals surface area contributed by atoms with Crippen molar-refractivity contribution in [2.24, 2.45) is 5.73 Å². The number of aryl methyl sites for hydroxylation is 1. The first kappa shape index (κ1) is 15.2. The molecule has 0 radical (unpaired) electrons. The Morgan fingerprint density at radius 1 is 1.24 bits per heavy atom. The second-order valence-corrected chi connectivity index (χ2v) is 5.15. The van der Waals surface area contributed by atoms with Gasteiger partial charge in [-0.15, -0.1) is 0 Å². The van der Waals surface area contributed by atoms with Gasteiger partial charge >= 0.3 is 0 Å². The molecule has 0 atom stereocenters. The van der Waals surface area contributed by atoms with Crippen LogP contribution < -0.4 is 15.8 Å². The van der Waals surface area contributed by atoms with Gasteiger partial charge in [0.15, 0.2) is 6.61 Å².